The molecule has 104 valence electrons. The van der Waals surface area contributed by atoms with Gasteiger partial charge in [0, 0.05) is 5.71 Å². The van der Waals surface area contributed by atoms with Crippen molar-refractivity contribution in [1.29, 1.82) is 10.7 Å². The van der Waals surface area contributed by atoms with Crippen LogP contribution in [0.15, 0.2) is 22.2 Å². The first-order valence-electron chi connectivity index (χ1n) is 5.65. The average Bonchev–Trinajstić information content (AvgIpc) is 2.39. The normalized spacial score (nSPS) is 11.3. The molecule has 0 atom stereocenters. The number of rotatable bonds is 4. The Labute approximate surface area is 124 Å². The third-order valence-electron chi connectivity index (χ3n) is 2.29. The predicted octanol–water partition coefficient (Wildman–Crippen LogP) is 2.59. The third-order valence-corrected chi connectivity index (χ3v) is 2.93. The molecule has 0 aliphatic heterocycles. The highest BCUT2D eigenvalue weighted by Gasteiger charge is 2.21. The Hall–Kier alpha value is -2.20. The molecule has 0 fully saturated rings. The SMILES string of the molecule is CCOC(=O)/C(C(C)=N)=C(/O)c1ccc(Br)c(C#N)n1. The van der Waals surface area contributed by atoms with E-state index in [1.165, 1.54) is 19.1 Å². The number of nitrogens with one attached hydrogen (secondary N) is 1. The lowest BCUT2D eigenvalue weighted by molar-refractivity contribution is -0.137. The first-order valence-corrected chi connectivity index (χ1v) is 6.44. The van der Waals surface area contributed by atoms with E-state index in [0.29, 0.717) is 4.47 Å². The number of hydrogen-bond donors (Lipinski definition) is 2. The summed E-state index contributed by atoms with van der Waals surface area (Å²) in [6.07, 6.45) is 0. The van der Waals surface area contributed by atoms with Crippen LogP contribution in [0.2, 0.25) is 0 Å². The standard InChI is InChI=1S/C13H12BrN3O3/c1-3-20-13(19)11(7(2)16)12(18)9-5-4-8(14)10(6-15)17-9/h4-5,16,18H,3H2,1-2H3/b12-11+,16-7?. The lowest BCUT2D eigenvalue weighted by Crippen LogP contribution is -2.16. The second-order valence-corrected chi connectivity index (χ2v) is 4.56. The number of carbonyl (C=O) groups excluding carboxylic acids is 1. The molecule has 1 heterocycles. The van der Waals surface area contributed by atoms with Crippen LogP contribution < -0.4 is 0 Å². The molecule has 0 aromatic carbocycles. The summed E-state index contributed by atoms with van der Waals surface area (Å²) in [5.74, 6) is -1.29. The van der Waals surface area contributed by atoms with E-state index < -0.39 is 11.7 Å². The van der Waals surface area contributed by atoms with E-state index in [4.69, 9.17) is 15.4 Å². The van der Waals surface area contributed by atoms with Gasteiger partial charge in [-0.25, -0.2) is 9.78 Å². The Kier molecular flexibility index (Phi) is 5.41. The lowest BCUT2D eigenvalue weighted by Gasteiger charge is -2.09. The van der Waals surface area contributed by atoms with Crippen LogP contribution in [0.1, 0.15) is 25.2 Å². The van der Waals surface area contributed by atoms with Crippen molar-refractivity contribution in [3.63, 3.8) is 0 Å². The van der Waals surface area contributed by atoms with E-state index in [2.05, 4.69) is 20.9 Å². The average molecular weight is 338 g/mol. The van der Waals surface area contributed by atoms with Gasteiger partial charge in [0.1, 0.15) is 17.3 Å². The van der Waals surface area contributed by atoms with E-state index in [9.17, 15) is 9.90 Å². The molecule has 7 heteroatoms. The molecule has 0 radical (unpaired) electrons. The maximum atomic E-state index is 11.7. The van der Waals surface area contributed by atoms with Gasteiger partial charge in [0.05, 0.1) is 11.1 Å². The van der Waals surface area contributed by atoms with Crippen LogP contribution in [0.5, 0.6) is 0 Å². The number of pyridine rings is 1. The number of nitrogens with zero attached hydrogens (tertiary/aromatic N) is 2. The molecule has 0 aliphatic carbocycles. The molecule has 1 aromatic heterocycles. The number of hydrogen-bond acceptors (Lipinski definition) is 6. The smallest absolute Gasteiger partial charge is 0.343 e. The van der Waals surface area contributed by atoms with Gasteiger partial charge >= 0.3 is 5.97 Å². The quantitative estimate of drug-likeness (QED) is 0.380. The van der Waals surface area contributed by atoms with Crippen LogP contribution in [0.4, 0.5) is 0 Å². The van der Waals surface area contributed by atoms with Gasteiger partial charge in [0.25, 0.3) is 0 Å². The van der Waals surface area contributed by atoms with Crippen LogP contribution in [0.25, 0.3) is 5.76 Å². The van der Waals surface area contributed by atoms with E-state index in [1.807, 2.05) is 6.07 Å². The van der Waals surface area contributed by atoms with Crippen molar-refractivity contribution in [2.45, 2.75) is 13.8 Å². The number of nitriles is 1. The number of ether oxygens (including phenoxy) is 1. The van der Waals surface area contributed by atoms with Crippen molar-refractivity contribution in [2.24, 2.45) is 0 Å². The Morgan fingerprint density at radius 1 is 1.60 bits per heavy atom. The van der Waals surface area contributed by atoms with Gasteiger partial charge in [0.15, 0.2) is 11.5 Å². The largest absolute Gasteiger partial charge is 0.505 e. The minimum Gasteiger partial charge on any atom is -0.505 e. The van der Waals surface area contributed by atoms with E-state index in [0.717, 1.165) is 0 Å². The van der Waals surface area contributed by atoms with Gasteiger partial charge in [-0.15, -0.1) is 0 Å². The molecule has 0 spiro atoms. The Morgan fingerprint density at radius 3 is 2.75 bits per heavy atom. The van der Waals surface area contributed by atoms with Crippen LogP contribution >= 0.6 is 15.9 Å². The Bertz CT molecular complexity index is 632. The van der Waals surface area contributed by atoms with Crippen molar-refractivity contribution in [3.8, 4) is 6.07 Å². The molecule has 20 heavy (non-hydrogen) atoms. The summed E-state index contributed by atoms with van der Waals surface area (Å²) in [7, 11) is 0. The van der Waals surface area contributed by atoms with Crippen molar-refractivity contribution >= 4 is 33.4 Å². The molecule has 0 amide bonds. The summed E-state index contributed by atoms with van der Waals surface area (Å²) in [4.78, 5) is 15.7. The summed E-state index contributed by atoms with van der Waals surface area (Å²) in [6.45, 7) is 3.10. The molecule has 1 aromatic rings. The van der Waals surface area contributed by atoms with Gasteiger partial charge in [-0.1, -0.05) is 0 Å². The summed E-state index contributed by atoms with van der Waals surface area (Å²) < 4.78 is 5.26. The first-order chi connectivity index (χ1) is 9.42. The lowest BCUT2D eigenvalue weighted by atomic mass is 10.1. The number of aliphatic hydroxyl groups excluding tert-OH is 1. The van der Waals surface area contributed by atoms with E-state index in [-0.39, 0.29) is 29.3 Å². The van der Waals surface area contributed by atoms with E-state index >= 15 is 0 Å². The molecule has 6 nitrogen and oxygen atoms in total. The van der Waals surface area contributed by atoms with Gasteiger partial charge < -0.3 is 15.3 Å². The maximum absolute atomic E-state index is 11.7. The van der Waals surface area contributed by atoms with Gasteiger partial charge in [0.2, 0.25) is 0 Å². The fraction of sp³-hybridized carbons (Fsp3) is 0.231. The molecule has 1 rings (SSSR count). The molecule has 0 saturated heterocycles. The molecular formula is C13H12BrN3O3. The van der Waals surface area contributed by atoms with E-state index in [1.54, 1.807) is 6.92 Å². The Morgan fingerprint density at radius 2 is 2.25 bits per heavy atom. The fourth-order valence-corrected chi connectivity index (χ4v) is 1.72. The van der Waals surface area contributed by atoms with Crippen molar-refractivity contribution < 1.29 is 14.6 Å². The summed E-state index contributed by atoms with van der Waals surface area (Å²) in [5, 5.41) is 26.6. The first kappa shape index (κ1) is 15.9. The van der Waals surface area contributed by atoms with Crippen molar-refractivity contribution in [1.82, 2.24) is 4.98 Å². The highest BCUT2D eigenvalue weighted by molar-refractivity contribution is 9.10. The van der Waals surface area contributed by atoms with Crippen molar-refractivity contribution in [3.05, 3.63) is 33.6 Å². The number of aromatic nitrogens is 1. The highest BCUT2D eigenvalue weighted by Crippen LogP contribution is 2.20. The Balaban J connectivity index is 3.40. The maximum Gasteiger partial charge on any atom is 0.343 e. The molecule has 0 aliphatic rings. The molecule has 0 saturated carbocycles. The summed E-state index contributed by atoms with van der Waals surface area (Å²) >= 11 is 3.14. The fourth-order valence-electron chi connectivity index (χ4n) is 1.41. The number of aliphatic hydroxyl groups is 1. The summed E-state index contributed by atoms with van der Waals surface area (Å²) in [6, 6.07) is 4.81. The minimum absolute atomic E-state index is 0.0272. The number of carbonyl (C=O) groups is 1. The molecule has 2 N–H and O–H groups in total. The van der Waals surface area contributed by atoms with Gasteiger partial charge in [-0.05, 0) is 41.9 Å². The second-order valence-electron chi connectivity index (χ2n) is 3.71. The number of halogens is 1. The highest BCUT2D eigenvalue weighted by atomic mass is 79.9. The van der Waals surface area contributed by atoms with Gasteiger partial charge in [-0.3, -0.25) is 0 Å². The predicted molar refractivity (Wildman–Crippen MR) is 76.2 cm³/mol. The zero-order valence-electron chi connectivity index (χ0n) is 10.9. The third kappa shape index (κ3) is 3.42. The zero-order valence-corrected chi connectivity index (χ0v) is 12.5. The van der Waals surface area contributed by atoms with Crippen LogP contribution in [0, 0.1) is 16.7 Å². The van der Waals surface area contributed by atoms with Crippen LogP contribution in [-0.4, -0.2) is 28.4 Å². The van der Waals surface area contributed by atoms with Crippen molar-refractivity contribution in [2.75, 3.05) is 6.61 Å². The zero-order chi connectivity index (χ0) is 15.3. The van der Waals surface area contributed by atoms with Crippen LogP contribution in [-0.2, 0) is 9.53 Å². The minimum atomic E-state index is -0.805. The molecule has 0 bridgehead atoms. The van der Waals surface area contributed by atoms with Crippen LogP contribution in [0.3, 0.4) is 0 Å². The number of esters is 1. The monoisotopic (exact) mass is 337 g/mol. The van der Waals surface area contributed by atoms with Gasteiger partial charge in [-0.2, -0.15) is 5.26 Å². The summed E-state index contributed by atoms with van der Waals surface area (Å²) in [5.41, 5.74) is -0.325. The molecular weight excluding hydrogens is 326 g/mol. The topological polar surface area (TPSA) is 107 Å². The second kappa shape index (κ2) is 6.82. The molecule has 0 unspecified atom stereocenters.